The summed E-state index contributed by atoms with van der Waals surface area (Å²) >= 11 is 0. The van der Waals surface area contributed by atoms with E-state index in [9.17, 15) is 14.7 Å². The topological polar surface area (TPSA) is 57.6 Å². The van der Waals surface area contributed by atoms with Crippen LogP contribution in [0.2, 0.25) is 0 Å². The summed E-state index contributed by atoms with van der Waals surface area (Å²) < 4.78 is 0. The van der Waals surface area contributed by atoms with Crippen molar-refractivity contribution in [3.63, 3.8) is 0 Å². The number of fused-ring (bicyclic) bond motifs is 1. The second-order valence-corrected chi connectivity index (χ2v) is 9.36. The van der Waals surface area contributed by atoms with E-state index in [2.05, 4.69) is 19.9 Å². The van der Waals surface area contributed by atoms with Crippen LogP contribution < -0.4 is 0 Å². The number of carbonyl (C=O) groups excluding carboxylic acids is 2. The quantitative estimate of drug-likeness (QED) is 0.268. The molecule has 4 nitrogen and oxygen atoms in total. The van der Waals surface area contributed by atoms with Gasteiger partial charge in [-0.25, -0.2) is 0 Å². The predicted octanol–water partition coefficient (Wildman–Crippen LogP) is 5.65. The Morgan fingerprint density at radius 3 is 2.39 bits per heavy atom. The number of unbranched alkanes of at least 4 members (excludes halogenated alkanes) is 5. The summed E-state index contributed by atoms with van der Waals surface area (Å²) in [6.45, 7) is 4.69. The molecule has 1 N–H and O–H groups in total. The van der Waals surface area contributed by atoms with Crippen molar-refractivity contribution in [2.24, 2.45) is 17.8 Å². The number of nitrogens with zero attached hydrogens (tertiary/aromatic N) is 1. The maximum Gasteiger partial charge on any atom is 0.234 e. The van der Waals surface area contributed by atoms with Gasteiger partial charge in [0.15, 0.2) is 0 Å². The number of hydrogen-bond acceptors (Lipinski definition) is 3. The number of carbonyl (C=O) groups is 2. The van der Waals surface area contributed by atoms with Gasteiger partial charge in [0.1, 0.15) is 0 Å². The van der Waals surface area contributed by atoms with Gasteiger partial charge in [-0.3, -0.25) is 14.5 Å². The fourth-order valence-corrected chi connectivity index (χ4v) is 5.22. The van der Waals surface area contributed by atoms with Crippen molar-refractivity contribution in [2.75, 3.05) is 0 Å². The van der Waals surface area contributed by atoms with Crippen molar-refractivity contribution in [3.05, 3.63) is 47.5 Å². The molecule has 0 aromatic heterocycles. The first-order valence-corrected chi connectivity index (χ1v) is 12.3. The van der Waals surface area contributed by atoms with Crippen molar-refractivity contribution in [2.45, 2.75) is 90.7 Å². The Balaban J connectivity index is 1.78. The van der Waals surface area contributed by atoms with E-state index in [0.29, 0.717) is 19.4 Å². The first kappa shape index (κ1) is 23.7. The van der Waals surface area contributed by atoms with Crippen LogP contribution in [0.25, 0.3) is 0 Å². The summed E-state index contributed by atoms with van der Waals surface area (Å²) in [5.74, 6) is -1.11. The molecule has 0 saturated carbocycles. The lowest BCUT2D eigenvalue weighted by atomic mass is 9.70. The van der Waals surface area contributed by atoms with Gasteiger partial charge in [0, 0.05) is 5.92 Å². The summed E-state index contributed by atoms with van der Waals surface area (Å²) in [5.41, 5.74) is 2.23. The number of imide groups is 1. The third-order valence-corrected chi connectivity index (χ3v) is 6.98. The molecule has 4 heteroatoms. The van der Waals surface area contributed by atoms with Crippen molar-refractivity contribution < 1.29 is 14.7 Å². The summed E-state index contributed by atoms with van der Waals surface area (Å²) in [4.78, 5) is 28.1. The van der Waals surface area contributed by atoms with Crippen molar-refractivity contribution in [1.29, 1.82) is 0 Å². The van der Waals surface area contributed by atoms with Gasteiger partial charge in [0.05, 0.1) is 24.5 Å². The van der Waals surface area contributed by atoms with Gasteiger partial charge in [-0.1, -0.05) is 94.4 Å². The Hall–Kier alpha value is -1.94. The smallest absolute Gasteiger partial charge is 0.234 e. The zero-order valence-corrected chi connectivity index (χ0v) is 19.3. The minimum Gasteiger partial charge on any atom is -0.392 e. The lowest BCUT2D eigenvalue weighted by molar-refractivity contribution is -0.141. The number of hydrogen-bond donors (Lipinski definition) is 1. The Morgan fingerprint density at radius 1 is 0.968 bits per heavy atom. The molecule has 0 unspecified atom stereocenters. The van der Waals surface area contributed by atoms with Gasteiger partial charge in [-0.15, -0.1) is 0 Å². The first-order valence-electron chi connectivity index (χ1n) is 12.3. The number of benzene rings is 1. The lowest BCUT2D eigenvalue weighted by Gasteiger charge is -2.33. The van der Waals surface area contributed by atoms with Gasteiger partial charge < -0.3 is 5.11 Å². The number of aliphatic hydroxyl groups excluding tert-OH is 1. The van der Waals surface area contributed by atoms with Crippen LogP contribution in [-0.2, 0) is 16.1 Å². The predicted molar refractivity (Wildman–Crippen MR) is 124 cm³/mol. The number of likely N-dealkylation sites (tertiary alicyclic amines) is 1. The molecule has 0 spiro atoms. The molecule has 1 aliphatic heterocycles. The molecule has 170 valence electrons. The molecular weight excluding hydrogens is 386 g/mol. The fraction of sp³-hybridized carbons (Fsp3) is 0.630. The fourth-order valence-electron chi connectivity index (χ4n) is 5.22. The Labute approximate surface area is 187 Å². The van der Waals surface area contributed by atoms with Crippen LogP contribution in [0, 0.1) is 17.8 Å². The Morgan fingerprint density at radius 2 is 1.68 bits per heavy atom. The maximum atomic E-state index is 13.4. The molecule has 0 radical (unpaired) electrons. The van der Waals surface area contributed by atoms with Gasteiger partial charge in [-0.05, 0) is 31.2 Å². The van der Waals surface area contributed by atoms with Gasteiger partial charge in [0.2, 0.25) is 11.8 Å². The summed E-state index contributed by atoms with van der Waals surface area (Å²) in [5, 5.41) is 11.0. The number of amides is 2. The molecular formula is C27H39NO3. The van der Waals surface area contributed by atoms with Crippen molar-refractivity contribution in [1.82, 2.24) is 4.90 Å². The minimum absolute atomic E-state index is 0.0521. The molecule has 1 aromatic carbocycles. The van der Waals surface area contributed by atoms with Crippen LogP contribution in [-0.4, -0.2) is 27.9 Å². The normalized spacial score (nSPS) is 24.3. The number of allylic oxidation sites excluding steroid dienone is 1. The van der Waals surface area contributed by atoms with Crippen molar-refractivity contribution >= 4 is 11.8 Å². The second-order valence-electron chi connectivity index (χ2n) is 9.36. The highest BCUT2D eigenvalue weighted by Crippen LogP contribution is 2.44. The summed E-state index contributed by atoms with van der Waals surface area (Å²) in [6.07, 6.45) is 11.8. The monoisotopic (exact) mass is 425 g/mol. The molecule has 31 heavy (non-hydrogen) atoms. The molecule has 1 aliphatic carbocycles. The van der Waals surface area contributed by atoms with Crippen molar-refractivity contribution in [3.8, 4) is 0 Å². The molecule has 3 rings (SSSR count). The zero-order chi connectivity index (χ0) is 22.2. The van der Waals surface area contributed by atoms with Crippen LogP contribution in [0.1, 0.15) is 83.6 Å². The van der Waals surface area contributed by atoms with Gasteiger partial charge >= 0.3 is 0 Å². The number of aliphatic hydroxyl groups is 1. The first-order chi connectivity index (χ1) is 15.1. The number of rotatable bonds is 12. The average Bonchev–Trinajstić information content (AvgIpc) is 3.02. The summed E-state index contributed by atoms with van der Waals surface area (Å²) in [7, 11) is 0. The third-order valence-electron chi connectivity index (χ3n) is 6.98. The molecule has 1 aromatic rings. The SMILES string of the molecule is CCCCCCC1=C[C@H]([C@@H](O)CCCCC)[C@@H]2C(=O)N(Cc3ccccc3)C(=O)[C@@H]2C1. The van der Waals surface area contributed by atoms with E-state index in [1.165, 1.54) is 29.7 Å². The van der Waals surface area contributed by atoms with Crippen LogP contribution in [0.5, 0.6) is 0 Å². The highest BCUT2D eigenvalue weighted by molar-refractivity contribution is 6.05. The molecule has 2 amide bonds. The second kappa shape index (κ2) is 11.6. The Bertz CT molecular complexity index is 757. The highest BCUT2D eigenvalue weighted by Gasteiger charge is 2.53. The third kappa shape index (κ3) is 5.85. The van der Waals surface area contributed by atoms with E-state index in [1.807, 2.05) is 30.3 Å². The van der Waals surface area contributed by atoms with E-state index >= 15 is 0 Å². The van der Waals surface area contributed by atoms with Gasteiger partial charge in [-0.2, -0.15) is 0 Å². The zero-order valence-electron chi connectivity index (χ0n) is 19.3. The Kier molecular flexibility index (Phi) is 8.89. The van der Waals surface area contributed by atoms with Gasteiger partial charge in [0.25, 0.3) is 0 Å². The van der Waals surface area contributed by atoms with Crippen LogP contribution in [0.15, 0.2) is 42.0 Å². The largest absolute Gasteiger partial charge is 0.392 e. The molecule has 1 saturated heterocycles. The molecule has 1 heterocycles. The van der Waals surface area contributed by atoms with E-state index in [1.54, 1.807) is 0 Å². The molecule has 4 atom stereocenters. The van der Waals surface area contributed by atoms with E-state index < -0.39 is 12.0 Å². The minimum atomic E-state index is -0.557. The molecule has 2 aliphatic rings. The van der Waals surface area contributed by atoms with Crippen LogP contribution >= 0.6 is 0 Å². The highest BCUT2D eigenvalue weighted by atomic mass is 16.3. The lowest BCUT2D eigenvalue weighted by Crippen LogP contribution is -2.37. The van der Waals surface area contributed by atoms with E-state index in [4.69, 9.17) is 0 Å². The van der Waals surface area contributed by atoms with Crippen LogP contribution in [0.4, 0.5) is 0 Å². The molecule has 0 bridgehead atoms. The van der Waals surface area contributed by atoms with E-state index in [0.717, 1.165) is 37.7 Å². The van der Waals surface area contributed by atoms with Crippen LogP contribution in [0.3, 0.4) is 0 Å². The van der Waals surface area contributed by atoms with E-state index in [-0.39, 0.29) is 23.7 Å². The standard InChI is InChI=1S/C27H39NO3/c1-3-5-7-10-15-21-17-22(24(29)16-9-6-4-2)25-23(18-21)26(30)28(27(25)31)19-20-13-11-8-12-14-20/h8,11-14,17,22-25,29H,3-7,9-10,15-16,18-19H2,1-2H3/t22-,23-,24+,25+/m1/s1. The average molecular weight is 426 g/mol. The summed E-state index contributed by atoms with van der Waals surface area (Å²) in [6, 6.07) is 9.72. The maximum absolute atomic E-state index is 13.4. The molecule has 1 fully saturated rings.